The number of amides is 1. The van der Waals surface area contributed by atoms with E-state index in [1.165, 1.54) is 0 Å². The molecule has 1 aliphatic carbocycles. The van der Waals surface area contributed by atoms with Crippen molar-refractivity contribution in [3.63, 3.8) is 0 Å². The number of nitrogens with one attached hydrogen (secondary N) is 1. The summed E-state index contributed by atoms with van der Waals surface area (Å²) in [5, 5.41) is 0. The van der Waals surface area contributed by atoms with E-state index in [-0.39, 0.29) is 11.8 Å². The van der Waals surface area contributed by atoms with Gasteiger partial charge in [-0.05, 0) is 31.2 Å². The largest absolute Gasteiger partial charge is 0.345 e. The molecule has 0 radical (unpaired) electrons. The standard InChI is InChI=1S/C18H21N5O/c1-11-5-7-22(18(24)12-2-3-12)10-14(11)17-21-9-13-8-20-16-15(23(13)17)4-6-19-16/h4,6,8-9,11-12,14,19H,2-3,5,7,10H2,1H3/t11-,14+/m0/s1. The quantitative estimate of drug-likeness (QED) is 0.788. The third-order valence-electron chi connectivity index (χ3n) is 5.62. The normalized spacial score (nSPS) is 24.8. The maximum absolute atomic E-state index is 12.5. The van der Waals surface area contributed by atoms with E-state index >= 15 is 0 Å². The van der Waals surface area contributed by atoms with Gasteiger partial charge in [0.15, 0.2) is 5.65 Å². The molecule has 1 aliphatic heterocycles. The monoisotopic (exact) mass is 323 g/mol. The summed E-state index contributed by atoms with van der Waals surface area (Å²) in [5.41, 5.74) is 2.93. The summed E-state index contributed by atoms with van der Waals surface area (Å²) in [7, 11) is 0. The molecule has 0 aromatic carbocycles. The molecule has 24 heavy (non-hydrogen) atoms. The third-order valence-corrected chi connectivity index (χ3v) is 5.62. The highest BCUT2D eigenvalue weighted by Gasteiger charge is 2.38. The van der Waals surface area contributed by atoms with Gasteiger partial charge in [0.2, 0.25) is 5.91 Å². The van der Waals surface area contributed by atoms with E-state index in [0.717, 1.165) is 54.9 Å². The van der Waals surface area contributed by atoms with Crippen molar-refractivity contribution in [2.45, 2.75) is 32.1 Å². The molecule has 5 rings (SSSR count). The number of imidazole rings is 1. The Bertz CT molecular complexity index is 922. The first-order valence-electron chi connectivity index (χ1n) is 8.80. The predicted octanol–water partition coefficient (Wildman–Crippen LogP) is 2.57. The van der Waals surface area contributed by atoms with Crippen LogP contribution in [0.15, 0.2) is 24.7 Å². The molecule has 0 spiro atoms. The van der Waals surface area contributed by atoms with Crippen molar-refractivity contribution in [1.82, 2.24) is 24.3 Å². The number of nitrogens with zero attached hydrogens (tertiary/aromatic N) is 4. The van der Waals surface area contributed by atoms with Crippen molar-refractivity contribution in [1.29, 1.82) is 0 Å². The molecule has 3 aromatic rings. The molecule has 2 atom stereocenters. The maximum atomic E-state index is 12.5. The Balaban J connectivity index is 1.57. The zero-order chi connectivity index (χ0) is 16.3. The number of likely N-dealkylation sites (tertiary alicyclic amines) is 1. The van der Waals surface area contributed by atoms with E-state index in [4.69, 9.17) is 4.98 Å². The van der Waals surface area contributed by atoms with Crippen molar-refractivity contribution in [3.05, 3.63) is 30.5 Å². The fourth-order valence-electron chi connectivity index (χ4n) is 3.96. The van der Waals surface area contributed by atoms with E-state index in [1.54, 1.807) is 0 Å². The number of aromatic amines is 1. The van der Waals surface area contributed by atoms with Crippen LogP contribution in [0.4, 0.5) is 0 Å². The molecule has 2 aliphatic rings. The van der Waals surface area contributed by atoms with Crippen molar-refractivity contribution < 1.29 is 4.79 Å². The van der Waals surface area contributed by atoms with Gasteiger partial charge < -0.3 is 9.88 Å². The number of rotatable bonds is 2. The molecule has 6 heteroatoms. The Kier molecular flexibility index (Phi) is 2.96. The minimum atomic E-state index is 0.268. The number of carbonyl (C=O) groups is 1. The minimum absolute atomic E-state index is 0.268. The number of hydrogen-bond acceptors (Lipinski definition) is 3. The van der Waals surface area contributed by atoms with Gasteiger partial charge in [-0.15, -0.1) is 0 Å². The summed E-state index contributed by atoms with van der Waals surface area (Å²) in [4.78, 5) is 26.9. The Morgan fingerprint density at radius 1 is 1.25 bits per heavy atom. The van der Waals surface area contributed by atoms with E-state index in [1.807, 2.05) is 24.7 Å². The van der Waals surface area contributed by atoms with Crippen LogP contribution in [0.3, 0.4) is 0 Å². The van der Waals surface area contributed by atoms with Gasteiger partial charge in [0.25, 0.3) is 0 Å². The topological polar surface area (TPSA) is 66.3 Å². The van der Waals surface area contributed by atoms with Gasteiger partial charge in [0.05, 0.1) is 23.4 Å². The van der Waals surface area contributed by atoms with Crippen molar-refractivity contribution in [2.75, 3.05) is 13.1 Å². The summed E-state index contributed by atoms with van der Waals surface area (Å²) in [6, 6.07) is 2.04. The summed E-state index contributed by atoms with van der Waals surface area (Å²) in [6.07, 6.45) is 8.83. The van der Waals surface area contributed by atoms with E-state index < -0.39 is 0 Å². The average Bonchev–Trinajstić information content (AvgIpc) is 3.17. The van der Waals surface area contributed by atoms with Gasteiger partial charge in [-0.1, -0.05) is 6.92 Å². The molecular weight excluding hydrogens is 302 g/mol. The summed E-state index contributed by atoms with van der Waals surface area (Å²) >= 11 is 0. The average molecular weight is 323 g/mol. The molecule has 0 bridgehead atoms. The molecular formula is C18H21N5O. The van der Waals surface area contributed by atoms with Gasteiger partial charge >= 0.3 is 0 Å². The van der Waals surface area contributed by atoms with Crippen molar-refractivity contribution >= 4 is 22.6 Å². The highest BCUT2D eigenvalue weighted by Crippen LogP contribution is 2.37. The van der Waals surface area contributed by atoms with Crippen LogP contribution in [0.2, 0.25) is 0 Å². The molecule has 124 valence electrons. The van der Waals surface area contributed by atoms with Gasteiger partial charge in [-0.2, -0.15) is 0 Å². The summed E-state index contributed by atoms with van der Waals surface area (Å²) in [5.74, 6) is 2.47. The smallest absolute Gasteiger partial charge is 0.225 e. The first-order valence-corrected chi connectivity index (χ1v) is 8.80. The molecule has 3 aromatic heterocycles. The second kappa shape index (κ2) is 5.06. The van der Waals surface area contributed by atoms with Crippen LogP contribution >= 0.6 is 0 Å². The number of hydrogen-bond donors (Lipinski definition) is 1. The highest BCUT2D eigenvalue weighted by molar-refractivity contribution is 5.81. The van der Waals surface area contributed by atoms with Crippen LogP contribution in [-0.4, -0.2) is 43.2 Å². The Hall–Kier alpha value is -2.37. The van der Waals surface area contributed by atoms with Crippen LogP contribution in [0.25, 0.3) is 16.7 Å². The van der Waals surface area contributed by atoms with Crippen LogP contribution in [0, 0.1) is 11.8 Å². The van der Waals surface area contributed by atoms with Crippen LogP contribution in [-0.2, 0) is 4.79 Å². The lowest BCUT2D eigenvalue weighted by Crippen LogP contribution is -2.43. The number of aromatic nitrogens is 4. The Morgan fingerprint density at radius 3 is 2.92 bits per heavy atom. The van der Waals surface area contributed by atoms with Crippen molar-refractivity contribution in [3.8, 4) is 0 Å². The highest BCUT2D eigenvalue weighted by atomic mass is 16.2. The van der Waals surface area contributed by atoms with Gasteiger partial charge in [0.1, 0.15) is 5.82 Å². The second-order valence-electron chi connectivity index (χ2n) is 7.28. The summed E-state index contributed by atoms with van der Waals surface area (Å²) in [6.45, 7) is 3.95. The van der Waals surface area contributed by atoms with E-state index in [2.05, 4.69) is 26.2 Å². The Morgan fingerprint density at radius 2 is 2.08 bits per heavy atom. The molecule has 1 saturated carbocycles. The fraction of sp³-hybridized carbons (Fsp3) is 0.500. The SMILES string of the molecule is C[C@H]1CCN(C(=O)C2CC2)C[C@H]1c1ncc2cnc3[nH]ccc3n12. The molecule has 0 unspecified atom stereocenters. The fourth-order valence-corrected chi connectivity index (χ4v) is 3.96. The Labute approximate surface area is 139 Å². The van der Waals surface area contributed by atoms with Gasteiger partial charge in [0, 0.05) is 31.1 Å². The molecule has 1 saturated heterocycles. The van der Waals surface area contributed by atoms with Crippen LogP contribution in [0.1, 0.15) is 37.9 Å². The molecule has 6 nitrogen and oxygen atoms in total. The van der Waals surface area contributed by atoms with Crippen LogP contribution < -0.4 is 0 Å². The van der Waals surface area contributed by atoms with Gasteiger partial charge in [-0.3, -0.25) is 9.20 Å². The first-order chi connectivity index (χ1) is 11.7. The summed E-state index contributed by atoms with van der Waals surface area (Å²) < 4.78 is 2.20. The lowest BCUT2D eigenvalue weighted by molar-refractivity contribution is -0.134. The number of piperidine rings is 1. The number of H-pyrrole nitrogens is 1. The lowest BCUT2D eigenvalue weighted by atomic mass is 9.86. The number of carbonyl (C=O) groups excluding carboxylic acids is 1. The lowest BCUT2D eigenvalue weighted by Gasteiger charge is -2.36. The van der Waals surface area contributed by atoms with Crippen LogP contribution in [0.5, 0.6) is 0 Å². The second-order valence-corrected chi connectivity index (χ2v) is 7.28. The number of fused-ring (bicyclic) bond motifs is 3. The molecule has 4 heterocycles. The molecule has 2 fully saturated rings. The van der Waals surface area contributed by atoms with E-state index in [9.17, 15) is 4.79 Å². The minimum Gasteiger partial charge on any atom is -0.345 e. The van der Waals surface area contributed by atoms with E-state index in [0.29, 0.717) is 11.8 Å². The molecule has 1 N–H and O–H groups in total. The first kappa shape index (κ1) is 14.0. The molecule has 1 amide bonds. The maximum Gasteiger partial charge on any atom is 0.225 e. The van der Waals surface area contributed by atoms with Gasteiger partial charge in [-0.25, -0.2) is 9.97 Å². The zero-order valence-corrected chi connectivity index (χ0v) is 13.8. The zero-order valence-electron chi connectivity index (χ0n) is 13.8. The van der Waals surface area contributed by atoms with Crippen molar-refractivity contribution in [2.24, 2.45) is 11.8 Å². The third kappa shape index (κ3) is 2.05. The predicted molar refractivity (Wildman–Crippen MR) is 90.7 cm³/mol.